The number of amides is 1. The van der Waals surface area contributed by atoms with Gasteiger partial charge < -0.3 is 16.0 Å². The van der Waals surface area contributed by atoms with E-state index in [1.807, 2.05) is 0 Å². The van der Waals surface area contributed by atoms with Crippen LogP contribution in [-0.4, -0.2) is 42.5 Å². The van der Waals surface area contributed by atoms with Crippen LogP contribution in [0, 0.1) is 17.8 Å². The molecule has 0 bridgehead atoms. The molecule has 2 rings (SSSR count). The summed E-state index contributed by atoms with van der Waals surface area (Å²) >= 11 is 0. The Bertz CT molecular complexity index is 319. The molecule has 0 spiro atoms. The summed E-state index contributed by atoms with van der Waals surface area (Å²) in [5.74, 6) is 1.71. The molecule has 19 heavy (non-hydrogen) atoms. The van der Waals surface area contributed by atoms with E-state index in [4.69, 9.17) is 5.73 Å². The van der Waals surface area contributed by atoms with Crippen molar-refractivity contribution in [1.29, 1.82) is 0 Å². The highest BCUT2D eigenvalue weighted by molar-refractivity contribution is 5.86. The molecule has 3 atom stereocenters. The average molecular weight is 267 g/mol. The highest BCUT2D eigenvalue weighted by Crippen LogP contribution is 2.40. The van der Waals surface area contributed by atoms with Crippen LogP contribution in [0.25, 0.3) is 0 Å². The number of likely N-dealkylation sites (tertiary alicyclic amines) is 1. The van der Waals surface area contributed by atoms with Crippen LogP contribution in [0.1, 0.15) is 40.0 Å². The molecule has 110 valence electrons. The smallest absolute Gasteiger partial charge is 0.239 e. The van der Waals surface area contributed by atoms with Crippen LogP contribution in [0.3, 0.4) is 0 Å². The van der Waals surface area contributed by atoms with E-state index in [9.17, 15) is 4.79 Å². The highest BCUT2D eigenvalue weighted by atomic mass is 16.1. The second kappa shape index (κ2) is 5.80. The second-order valence-electron chi connectivity index (χ2n) is 6.78. The molecular weight excluding hydrogens is 238 g/mol. The molecule has 3 unspecified atom stereocenters. The fourth-order valence-corrected chi connectivity index (χ4v) is 3.86. The topological polar surface area (TPSA) is 58.4 Å². The van der Waals surface area contributed by atoms with Crippen molar-refractivity contribution >= 4 is 5.91 Å². The Balaban J connectivity index is 2.08. The first kappa shape index (κ1) is 14.8. The van der Waals surface area contributed by atoms with E-state index in [1.165, 1.54) is 6.42 Å². The zero-order chi connectivity index (χ0) is 14.0. The van der Waals surface area contributed by atoms with Crippen LogP contribution < -0.4 is 11.1 Å². The molecule has 2 fully saturated rings. The number of likely N-dealkylation sites (N-methyl/N-ethyl adjacent to an activating group) is 1. The molecule has 4 nitrogen and oxygen atoms in total. The van der Waals surface area contributed by atoms with Crippen LogP contribution in [-0.2, 0) is 4.79 Å². The molecule has 0 radical (unpaired) electrons. The minimum absolute atomic E-state index is 0.164. The first-order chi connectivity index (χ1) is 8.98. The third-order valence-corrected chi connectivity index (χ3v) is 4.62. The molecule has 1 heterocycles. The number of nitrogens with two attached hydrogens (primary N) is 1. The van der Waals surface area contributed by atoms with Crippen molar-refractivity contribution in [3.63, 3.8) is 0 Å². The number of nitrogens with zero attached hydrogens (tertiary/aromatic N) is 1. The Hall–Kier alpha value is -0.610. The third kappa shape index (κ3) is 3.29. The maximum atomic E-state index is 12.1. The van der Waals surface area contributed by atoms with Crippen molar-refractivity contribution in [1.82, 2.24) is 10.2 Å². The summed E-state index contributed by atoms with van der Waals surface area (Å²) in [5.41, 5.74) is 5.26. The van der Waals surface area contributed by atoms with E-state index >= 15 is 0 Å². The van der Waals surface area contributed by atoms with E-state index in [1.54, 1.807) is 0 Å². The summed E-state index contributed by atoms with van der Waals surface area (Å²) in [5, 5.41) is 3.42. The van der Waals surface area contributed by atoms with E-state index in [0.717, 1.165) is 50.9 Å². The van der Waals surface area contributed by atoms with Gasteiger partial charge >= 0.3 is 0 Å². The summed E-state index contributed by atoms with van der Waals surface area (Å²) in [7, 11) is 0. The zero-order valence-electron chi connectivity index (χ0n) is 12.6. The molecule has 1 saturated carbocycles. The van der Waals surface area contributed by atoms with E-state index < -0.39 is 5.54 Å². The molecule has 4 heteroatoms. The first-order valence-corrected chi connectivity index (χ1v) is 7.75. The van der Waals surface area contributed by atoms with Crippen LogP contribution in [0.15, 0.2) is 0 Å². The average Bonchev–Trinajstić information content (AvgIpc) is 3.10. The van der Waals surface area contributed by atoms with Gasteiger partial charge in [-0.3, -0.25) is 4.79 Å². The quantitative estimate of drug-likeness (QED) is 0.760. The van der Waals surface area contributed by atoms with Gasteiger partial charge in [0.25, 0.3) is 0 Å². The summed E-state index contributed by atoms with van der Waals surface area (Å²) < 4.78 is 0. The summed E-state index contributed by atoms with van der Waals surface area (Å²) in [6.07, 6.45) is 3.56. The van der Waals surface area contributed by atoms with Crippen molar-refractivity contribution < 1.29 is 4.79 Å². The molecule has 0 aromatic carbocycles. The van der Waals surface area contributed by atoms with Gasteiger partial charge in [0, 0.05) is 19.6 Å². The van der Waals surface area contributed by atoms with Crippen molar-refractivity contribution in [2.24, 2.45) is 23.5 Å². The van der Waals surface area contributed by atoms with Crippen molar-refractivity contribution in [3.8, 4) is 0 Å². The molecule has 0 aromatic heterocycles. The Morgan fingerprint density at radius 3 is 2.32 bits per heavy atom. The number of carbonyl (C=O) groups excluding carboxylic acids is 1. The lowest BCUT2D eigenvalue weighted by Crippen LogP contribution is -2.64. The van der Waals surface area contributed by atoms with Gasteiger partial charge in [0.05, 0.1) is 0 Å². The minimum Gasteiger partial charge on any atom is -0.368 e. The Labute approximate surface area is 117 Å². The number of hydrogen-bond acceptors (Lipinski definition) is 3. The Kier molecular flexibility index (Phi) is 4.51. The molecule has 2 aliphatic rings. The lowest BCUT2D eigenvalue weighted by molar-refractivity contribution is -0.126. The molecule has 0 aromatic rings. The predicted molar refractivity (Wildman–Crippen MR) is 77.7 cm³/mol. The molecule has 1 aliphatic carbocycles. The lowest BCUT2D eigenvalue weighted by atomic mass is 9.87. The molecule has 1 amide bonds. The Morgan fingerprint density at radius 2 is 1.89 bits per heavy atom. The van der Waals surface area contributed by atoms with Gasteiger partial charge in [-0.25, -0.2) is 0 Å². The Morgan fingerprint density at radius 1 is 1.32 bits per heavy atom. The van der Waals surface area contributed by atoms with Crippen LogP contribution in [0.5, 0.6) is 0 Å². The number of carbonyl (C=O) groups is 1. The first-order valence-electron chi connectivity index (χ1n) is 7.75. The van der Waals surface area contributed by atoms with Gasteiger partial charge in [-0.2, -0.15) is 0 Å². The standard InChI is InChI=1S/C15H29N3O/c1-4-17-15(14(16)19,13-5-6-13)10-18-8-11(2)7-12(3)9-18/h11-13,17H,4-10H2,1-3H3,(H2,16,19). The maximum absolute atomic E-state index is 12.1. The number of hydrogen-bond donors (Lipinski definition) is 2. The number of nitrogens with one attached hydrogen (secondary N) is 1. The van der Waals surface area contributed by atoms with Gasteiger partial charge in [0.1, 0.15) is 5.54 Å². The largest absolute Gasteiger partial charge is 0.368 e. The highest BCUT2D eigenvalue weighted by Gasteiger charge is 2.50. The van der Waals surface area contributed by atoms with Crippen molar-refractivity contribution in [3.05, 3.63) is 0 Å². The molecular formula is C15H29N3O. The second-order valence-corrected chi connectivity index (χ2v) is 6.78. The minimum atomic E-state index is -0.495. The molecule has 1 saturated heterocycles. The third-order valence-electron chi connectivity index (χ3n) is 4.62. The SMILES string of the molecule is CCNC(CN1CC(C)CC(C)C1)(C(N)=O)C1CC1. The fraction of sp³-hybridized carbons (Fsp3) is 0.933. The number of piperidine rings is 1. The number of rotatable bonds is 6. The van der Waals surface area contributed by atoms with Crippen LogP contribution in [0.2, 0.25) is 0 Å². The summed E-state index contributed by atoms with van der Waals surface area (Å²) in [6, 6.07) is 0. The normalized spacial score (nSPS) is 31.9. The van der Waals surface area contributed by atoms with Crippen molar-refractivity contribution in [2.45, 2.75) is 45.6 Å². The van der Waals surface area contributed by atoms with E-state index in [0.29, 0.717) is 5.92 Å². The molecule has 3 N–H and O–H groups in total. The number of primary amides is 1. The van der Waals surface area contributed by atoms with Gasteiger partial charge in [-0.1, -0.05) is 20.8 Å². The van der Waals surface area contributed by atoms with Crippen LogP contribution >= 0.6 is 0 Å². The predicted octanol–water partition coefficient (Wildman–Crippen LogP) is 1.21. The van der Waals surface area contributed by atoms with Gasteiger partial charge in [0.2, 0.25) is 5.91 Å². The van der Waals surface area contributed by atoms with Gasteiger partial charge in [0.15, 0.2) is 0 Å². The van der Waals surface area contributed by atoms with Crippen molar-refractivity contribution in [2.75, 3.05) is 26.2 Å². The summed E-state index contributed by atoms with van der Waals surface area (Å²) in [4.78, 5) is 14.5. The van der Waals surface area contributed by atoms with Gasteiger partial charge in [-0.15, -0.1) is 0 Å². The van der Waals surface area contributed by atoms with Crippen LogP contribution in [0.4, 0.5) is 0 Å². The zero-order valence-corrected chi connectivity index (χ0v) is 12.6. The lowest BCUT2D eigenvalue weighted by Gasteiger charge is -2.41. The fourth-order valence-electron chi connectivity index (χ4n) is 3.86. The van der Waals surface area contributed by atoms with E-state index in [2.05, 4.69) is 31.0 Å². The summed E-state index contributed by atoms with van der Waals surface area (Å²) in [6.45, 7) is 10.4. The monoisotopic (exact) mass is 267 g/mol. The maximum Gasteiger partial charge on any atom is 0.239 e. The van der Waals surface area contributed by atoms with E-state index in [-0.39, 0.29) is 5.91 Å². The van der Waals surface area contributed by atoms with Gasteiger partial charge in [-0.05, 0) is 43.6 Å². The molecule has 1 aliphatic heterocycles.